The zero-order chi connectivity index (χ0) is 21.9. The lowest BCUT2D eigenvalue weighted by Crippen LogP contribution is -2.38. The molecule has 0 aliphatic heterocycles. The molecule has 9 heteroatoms. The summed E-state index contributed by atoms with van der Waals surface area (Å²) in [6.45, 7) is 0.427. The molecule has 4 aromatic rings. The Bertz CT molecular complexity index is 1470. The second-order valence-electron chi connectivity index (χ2n) is 7.85. The first-order chi connectivity index (χ1) is 14.9. The van der Waals surface area contributed by atoms with Gasteiger partial charge in [0.05, 0.1) is 21.3 Å². The molecule has 0 radical (unpaired) electrons. The van der Waals surface area contributed by atoms with Gasteiger partial charge in [0.15, 0.2) is 0 Å². The quantitative estimate of drug-likeness (QED) is 0.496. The van der Waals surface area contributed by atoms with Crippen molar-refractivity contribution in [3.8, 4) is 0 Å². The van der Waals surface area contributed by atoms with E-state index in [0.29, 0.717) is 33.8 Å². The van der Waals surface area contributed by atoms with E-state index >= 15 is 0 Å². The lowest BCUT2D eigenvalue weighted by Gasteiger charge is -2.13. The first-order valence-corrected chi connectivity index (χ1v) is 10.7. The number of hydrogen-bond acceptors (Lipinski definition) is 6. The maximum atomic E-state index is 12.9. The highest BCUT2D eigenvalue weighted by Crippen LogP contribution is 2.39. The molecular weight excluding hydrogens is 418 g/mol. The number of aromatic nitrogens is 3. The van der Waals surface area contributed by atoms with Crippen molar-refractivity contribution in [2.45, 2.75) is 25.5 Å². The highest BCUT2D eigenvalue weighted by atomic mass is 32.1. The van der Waals surface area contributed by atoms with Crippen molar-refractivity contribution in [2.75, 3.05) is 0 Å². The number of pyridine rings is 1. The number of para-hydroxylation sites is 1. The van der Waals surface area contributed by atoms with E-state index in [2.05, 4.69) is 4.98 Å². The molecule has 0 saturated heterocycles. The van der Waals surface area contributed by atoms with Gasteiger partial charge >= 0.3 is 11.7 Å². The van der Waals surface area contributed by atoms with Crippen LogP contribution in [0.4, 0.5) is 0 Å². The van der Waals surface area contributed by atoms with Crippen molar-refractivity contribution in [1.29, 1.82) is 0 Å². The standard InChI is InChI=1S/C22H19N3O5S/c1-24-19(27)16-15(21(28)29)18(31-20(16)25(22(24)30)10-11-6-7-11)17(26)13-8-9-23-14-5-3-2-4-12(13)14/h2-5,8-9,11,17,26H,6-7,10H2,1H3,(H,28,29). The number of benzene rings is 1. The molecule has 5 rings (SSSR count). The molecule has 1 aliphatic carbocycles. The van der Waals surface area contributed by atoms with Crippen molar-refractivity contribution < 1.29 is 15.0 Å². The van der Waals surface area contributed by atoms with E-state index in [1.165, 1.54) is 11.6 Å². The van der Waals surface area contributed by atoms with E-state index < -0.39 is 23.3 Å². The normalized spacial score (nSPS) is 14.9. The van der Waals surface area contributed by atoms with Gasteiger partial charge in [-0.1, -0.05) is 18.2 Å². The summed E-state index contributed by atoms with van der Waals surface area (Å²) in [4.78, 5) is 42.7. The van der Waals surface area contributed by atoms with Gasteiger partial charge in [0.25, 0.3) is 5.56 Å². The average molecular weight is 437 g/mol. The fourth-order valence-corrected chi connectivity index (χ4v) is 5.26. The number of hydrogen-bond donors (Lipinski definition) is 2. The zero-order valence-electron chi connectivity index (χ0n) is 16.6. The molecule has 3 heterocycles. The molecule has 1 unspecified atom stereocenters. The molecule has 8 nitrogen and oxygen atoms in total. The Morgan fingerprint density at radius 3 is 2.71 bits per heavy atom. The van der Waals surface area contributed by atoms with Gasteiger partial charge in [0.2, 0.25) is 0 Å². The fourth-order valence-electron chi connectivity index (χ4n) is 3.97. The third-order valence-electron chi connectivity index (χ3n) is 5.78. The summed E-state index contributed by atoms with van der Waals surface area (Å²) in [5.74, 6) is -0.973. The summed E-state index contributed by atoms with van der Waals surface area (Å²) in [7, 11) is 1.35. The van der Waals surface area contributed by atoms with Gasteiger partial charge in [-0.3, -0.25) is 18.9 Å². The topological polar surface area (TPSA) is 114 Å². The van der Waals surface area contributed by atoms with Gasteiger partial charge in [0, 0.05) is 25.2 Å². The van der Waals surface area contributed by atoms with Crippen LogP contribution < -0.4 is 11.2 Å². The second kappa shape index (κ2) is 7.14. The Morgan fingerprint density at radius 1 is 1.26 bits per heavy atom. The number of fused-ring (bicyclic) bond motifs is 2. The largest absolute Gasteiger partial charge is 0.478 e. The number of aliphatic hydroxyl groups excluding tert-OH is 1. The third kappa shape index (κ3) is 3.08. The lowest BCUT2D eigenvalue weighted by molar-refractivity contribution is 0.0694. The number of aromatic carboxylic acids is 1. The van der Waals surface area contributed by atoms with Gasteiger partial charge in [-0.25, -0.2) is 9.59 Å². The Balaban J connectivity index is 1.82. The van der Waals surface area contributed by atoms with Crippen LogP contribution in [-0.2, 0) is 13.6 Å². The predicted molar refractivity (Wildman–Crippen MR) is 117 cm³/mol. The van der Waals surface area contributed by atoms with Gasteiger partial charge in [0.1, 0.15) is 10.9 Å². The number of rotatable bonds is 5. The summed E-state index contributed by atoms with van der Waals surface area (Å²) in [6.07, 6.45) is 2.25. The fraction of sp³-hybridized carbons (Fsp3) is 0.273. The summed E-state index contributed by atoms with van der Waals surface area (Å²) in [6, 6.07) is 8.88. The van der Waals surface area contributed by atoms with Crippen molar-refractivity contribution in [3.63, 3.8) is 0 Å². The Labute approximate surface area is 179 Å². The molecule has 1 saturated carbocycles. The number of nitrogens with zero attached hydrogens (tertiary/aromatic N) is 3. The molecule has 2 N–H and O–H groups in total. The summed E-state index contributed by atoms with van der Waals surface area (Å²) in [5, 5.41) is 21.9. The average Bonchev–Trinajstić information content (AvgIpc) is 3.50. The van der Waals surface area contributed by atoms with E-state index in [4.69, 9.17) is 0 Å². The minimum Gasteiger partial charge on any atom is -0.478 e. The van der Waals surface area contributed by atoms with Crippen molar-refractivity contribution in [3.05, 3.63) is 73.4 Å². The van der Waals surface area contributed by atoms with Crippen LogP contribution in [0, 0.1) is 5.92 Å². The minimum atomic E-state index is -1.31. The molecule has 3 aromatic heterocycles. The van der Waals surface area contributed by atoms with Crippen molar-refractivity contribution >= 4 is 38.4 Å². The molecule has 0 spiro atoms. The smallest absolute Gasteiger partial charge is 0.337 e. The summed E-state index contributed by atoms with van der Waals surface area (Å²) in [5.41, 5.74) is -0.235. The van der Waals surface area contributed by atoms with Gasteiger partial charge in [-0.05, 0) is 36.5 Å². The summed E-state index contributed by atoms with van der Waals surface area (Å²) < 4.78 is 2.42. The molecule has 1 fully saturated rings. The number of carboxylic acid groups (broad SMARTS) is 1. The number of carboxylic acids is 1. The van der Waals surface area contributed by atoms with E-state index in [0.717, 1.165) is 28.7 Å². The highest BCUT2D eigenvalue weighted by Gasteiger charge is 2.31. The SMILES string of the molecule is Cn1c(=O)c2c(C(=O)O)c(C(O)c3ccnc4ccccc34)sc2n(CC2CC2)c1=O. The first kappa shape index (κ1) is 19.7. The minimum absolute atomic E-state index is 0.0346. The molecule has 1 aromatic carbocycles. The molecule has 0 amide bonds. The lowest BCUT2D eigenvalue weighted by atomic mass is 10.0. The number of aliphatic hydroxyl groups is 1. The monoisotopic (exact) mass is 437 g/mol. The van der Waals surface area contributed by atoms with Crippen molar-refractivity contribution in [1.82, 2.24) is 14.1 Å². The Morgan fingerprint density at radius 2 is 2.00 bits per heavy atom. The Kier molecular flexibility index (Phi) is 4.53. The van der Waals surface area contributed by atoms with Crippen molar-refractivity contribution in [2.24, 2.45) is 13.0 Å². The summed E-state index contributed by atoms with van der Waals surface area (Å²) >= 11 is 0.996. The van der Waals surface area contributed by atoms with Gasteiger partial charge in [-0.15, -0.1) is 11.3 Å². The maximum Gasteiger partial charge on any atom is 0.337 e. The van der Waals surface area contributed by atoms with Crippen LogP contribution >= 0.6 is 11.3 Å². The third-order valence-corrected chi connectivity index (χ3v) is 7.04. The van der Waals surface area contributed by atoms with Gasteiger partial charge < -0.3 is 10.2 Å². The number of carbonyl (C=O) groups is 1. The van der Waals surface area contributed by atoms with Crippen LogP contribution in [0.25, 0.3) is 21.1 Å². The van der Waals surface area contributed by atoms with Gasteiger partial charge in [-0.2, -0.15) is 0 Å². The van der Waals surface area contributed by atoms with E-state index in [1.807, 2.05) is 12.1 Å². The van der Waals surface area contributed by atoms with Crippen LogP contribution in [0.15, 0.2) is 46.1 Å². The Hall–Kier alpha value is -3.30. The van der Waals surface area contributed by atoms with Crippen LogP contribution in [-0.4, -0.2) is 30.3 Å². The van der Waals surface area contributed by atoms with Crippen LogP contribution in [0.3, 0.4) is 0 Å². The predicted octanol–water partition coefficient (Wildman–Crippen LogP) is 2.50. The van der Waals surface area contributed by atoms with Crippen LogP contribution in [0.1, 0.15) is 39.7 Å². The van der Waals surface area contributed by atoms with E-state index in [1.54, 1.807) is 24.4 Å². The number of thiophene rings is 1. The van der Waals surface area contributed by atoms with E-state index in [-0.39, 0.29) is 15.8 Å². The second-order valence-corrected chi connectivity index (χ2v) is 8.88. The molecule has 1 atom stereocenters. The maximum absolute atomic E-state index is 12.9. The first-order valence-electron chi connectivity index (χ1n) is 9.89. The van der Waals surface area contributed by atoms with Crippen LogP contribution in [0.2, 0.25) is 0 Å². The molecule has 158 valence electrons. The molecule has 1 aliphatic rings. The molecular formula is C22H19N3O5S. The molecule has 31 heavy (non-hydrogen) atoms. The zero-order valence-corrected chi connectivity index (χ0v) is 17.4. The van der Waals surface area contributed by atoms with E-state index in [9.17, 15) is 24.6 Å². The highest BCUT2D eigenvalue weighted by molar-refractivity contribution is 7.19. The molecule has 0 bridgehead atoms. The van der Waals surface area contributed by atoms with Crippen LogP contribution in [0.5, 0.6) is 0 Å².